The first-order valence-electron chi connectivity index (χ1n) is 3.21. The van der Waals surface area contributed by atoms with Crippen LogP contribution in [0.3, 0.4) is 0 Å². The highest BCUT2D eigenvalue weighted by Crippen LogP contribution is 2.36. The van der Waals surface area contributed by atoms with Gasteiger partial charge in [-0.2, -0.15) is 13.2 Å². The van der Waals surface area contributed by atoms with Crippen molar-refractivity contribution in [3.63, 3.8) is 0 Å². The number of thiazole rings is 1. The summed E-state index contributed by atoms with van der Waals surface area (Å²) in [6.45, 7) is 0.487. The van der Waals surface area contributed by atoms with Gasteiger partial charge in [0.2, 0.25) is 0 Å². The van der Waals surface area contributed by atoms with E-state index in [-0.39, 0.29) is 6.10 Å². The molecular formula is C6H4F3NOS. The molecule has 0 spiro atoms. The number of hydrogen-bond acceptors (Lipinski definition) is 3. The highest BCUT2D eigenvalue weighted by Gasteiger charge is 2.37. The van der Waals surface area contributed by atoms with E-state index in [1.54, 1.807) is 0 Å². The lowest BCUT2D eigenvalue weighted by molar-refractivity contribution is -0.137. The Balaban J connectivity index is 2.23. The van der Waals surface area contributed by atoms with E-state index in [4.69, 9.17) is 4.74 Å². The molecule has 0 N–H and O–H groups in total. The van der Waals surface area contributed by atoms with Gasteiger partial charge in [-0.3, -0.25) is 0 Å². The van der Waals surface area contributed by atoms with Crippen LogP contribution in [-0.4, -0.2) is 11.6 Å². The van der Waals surface area contributed by atoms with Crippen LogP contribution in [0.2, 0.25) is 0 Å². The minimum Gasteiger partial charge on any atom is -0.366 e. The van der Waals surface area contributed by atoms with Crippen molar-refractivity contribution in [2.24, 2.45) is 0 Å². The van der Waals surface area contributed by atoms with E-state index in [0.717, 1.165) is 0 Å². The Morgan fingerprint density at radius 2 is 2.25 bits per heavy atom. The van der Waals surface area contributed by atoms with Gasteiger partial charge >= 0.3 is 6.18 Å². The van der Waals surface area contributed by atoms with Crippen LogP contribution in [0.15, 0.2) is 5.38 Å². The minimum atomic E-state index is -4.32. The summed E-state index contributed by atoms with van der Waals surface area (Å²) in [7, 11) is 0. The SMILES string of the molecule is FC(F)(F)c1nc(C2CO2)cs1. The maximum absolute atomic E-state index is 12.0. The average Bonchev–Trinajstić information content (AvgIpc) is 2.66. The van der Waals surface area contributed by atoms with Gasteiger partial charge in [0.1, 0.15) is 6.10 Å². The lowest BCUT2D eigenvalue weighted by Crippen LogP contribution is -2.03. The van der Waals surface area contributed by atoms with Crippen LogP contribution in [0.1, 0.15) is 16.8 Å². The van der Waals surface area contributed by atoms with Gasteiger partial charge in [-0.15, -0.1) is 11.3 Å². The third kappa shape index (κ3) is 1.44. The van der Waals surface area contributed by atoms with Crippen molar-refractivity contribution in [3.8, 4) is 0 Å². The lowest BCUT2D eigenvalue weighted by Gasteiger charge is -1.98. The number of rotatable bonds is 1. The van der Waals surface area contributed by atoms with E-state index >= 15 is 0 Å². The molecule has 1 unspecified atom stereocenters. The number of epoxide rings is 1. The third-order valence-corrected chi connectivity index (χ3v) is 2.33. The van der Waals surface area contributed by atoms with Gasteiger partial charge in [0.25, 0.3) is 0 Å². The van der Waals surface area contributed by atoms with Crippen LogP contribution in [0, 0.1) is 0 Å². The second kappa shape index (κ2) is 2.43. The summed E-state index contributed by atoms with van der Waals surface area (Å²) in [6, 6.07) is 0. The molecule has 2 rings (SSSR count). The van der Waals surface area contributed by atoms with Crippen molar-refractivity contribution in [2.45, 2.75) is 12.3 Å². The summed E-state index contributed by atoms with van der Waals surface area (Å²) in [4.78, 5) is 3.41. The van der Waals surface area contributed by atoms with Crippen LogP contribution in [0.4, 0.5) is 13.2 Å². The minimum absolute atomic E-state index is 0.197. The predicted octanol–water partition coefficient (Wildman–Crippen LogP) is 2.23. The number of aromatic nitrogens is 1. The largest absolute Gasteiger partial charge is 0.443 e. The predicted molar refractivity (Wildman–Crippen MR) is 35.8 cm³/mol. The molecular weight excluding hydrogens is 191 g/mol. The monoisotopic (exact) mass is 195 g/mol. The van der Waals surface area contributed by atoms with Gasteiger partial charge in [-0.05, 0) is 0 Å². The standard InChI is InChI=1S/C6H4F3NOS/c7-6(8,9)5-10-3(2-12-5)4-1-11-4/h2,4H,1H2. The molecule has 12 heavy (non-hydrogen) atoms. The Labute approximate surface area is 70.0 Å². The fourth-order valence-electron chi connectivity index (χ4n) is 0.783. The quantitative estimate of drug-likeness (QED) is 0.642. The third-order valence-electron chi connectivity index (χ3n) is 1.43. The molecule has 0 radical (unpaired) electrons. The topological polar surface area (TPSA) is 25.4 Å². The second-order valence-electron chi connectivity index (χ2n) is 2.40. The van der Waals surface area contributed by atoms with E-state index in [9.17, 15) is 13.2 Å². The van der Waals surface area contributed by atoms with Gasteiger partial charge in [0.15, 0.2) is 5.01 Å². The summed E-state index contributed by atoms with van der Waals surface area (Å²) >= 11 is 0.609. The molecule has 1 aliphatic heterocycles. The fourth-order valence-corrected chi connectivity index (χ4v) is 1.51. The van der Waals surface area contributed by atoms with Crippen LogP contribution in [0.5, 0.6) is 0 Å². The lowest BCUT2D eigenvalue weighted by atomic mass is 10.4. The molecule has 0 aromatic carbocycles. The Morgan fingerprint density at radius 1 is 1.58 bits per heavy atom. The van der Waals surface area contributed by atoms with Crippen LogP contribution in [-0.2, 0) is 10.9 Å². The first-order chi connectivity index (χ1) is 5.57. The molecule has 0 bridgehead atoms. The fraction of sp³-hybridized carbons (Fsp3) is 0.500. The first kappa shape index (κ1) is 8.00. The Bertz CT molecular complexity index is 291. The molecule has 0 amide bonds. The van der Waals surface area contributed by atoms with Crippen molar-refractivity contribution in [1.29, 1.82) is 0 Å². The number of alkyl halides is 3. The Morgan fingerprint density at radius 3 is 2.67 bits per heavy atom. The molecule has 1 aromatic rings. The van der Waals surface area contributed by atoms with Gasteiger partial charge in [0, 0.05) is 5.38 Å². The van der Waals surface area contributed by atoms with Crippen molar-refractivity contribution in [3.05, 3.63) is 16.1 Å². The zero-order valence-corrected chi connectivity index (χ0v) is 6.58. The van der Waals surface area contributed by atoms with Crippen LogP contribution < -0.4 is 0 Å². The van der Waals surface area contributed by atoms with Crippen molar-refractivity contribution < 1.29 is 17.9 Å². The molecule has 1 saturated heterocycles. The van der Waals surface area contributed by atoms with Crippen LogP contribution in [0.25, 0.3) is 0 Å². The summed E-state index contributed by atoms with van der Waals surface area (Å²) in [6.07, 6.45) is -4.52. The van der Waals surface area contributed by atoms with Gasteiger partial charge in [0.05, 0.1) is 12.3 Å². The summed E-state index contributed by atoms with van der Waals surface area (Å²) in [5.74, 6) is 0. The number of ether oxygens (including phenoxy) is 1. The number of nitrogens with zero attached hydrogens (tertiary/aromatic N) is 1. The molecule has 1 fully saturated rings. The highest BCUT2D eigenvalue weighted by molar-refractivity contribution is 7.09. The smallest absolute Gasteiger partial charge is 0.366 e. The molecule has 0 saturated carbocycles. The molecule has 2 nitrogen and oxygen atoms in total. The van der Waals surface area contributed by atoms with Gasteiger partial charge in [-0.25, -0.2) is 4.98 Å². The van der Waals surface area contributed by atoms with E-state index in [1.165, 1.54) is 5.38 Å². The normalized spacial score (nSPS) is 22.8. The molecule has 66 valence electrons. The van der Waals surface area contributed by atoms with Crippen molar-refractivity contribution in [1.82, 2.24) is 4.98 Å². The highest BCUT2D eigenvalue weighted by atomic mass is 32.1. The van der Waals surface area contributed by atoms with E-state index < -0.39 is 11.2 Å². The maximum atomic E-state index is 12.0. The molecule has 2 heterocycles. The zero-order chi connectivity index (χ0) is 8.77. The Hall–Kier alpha value is -0.620. The first-order valence-corrected chi connectivity index (χ1v) is 4.09. The van der Waals surface area contributed by atoms with Crippen molar-refractivity contribution in [2.75, 3.05) is 6.61 Å². The number of halogens is 3. The van der Waals surface area contributed by atoms with Crippen molar-refractivity contribution >= 4 is 11.3 Å². The molecule has 1 aliphatic rings. The maximum Gasteiger partial charge on any atom is 0.443 e. The summed E-state index contributed by atoms with van der Waals surface area (Å²) in [5.41, 5.74) is 0.396. The molecule has 6 heteroatoms. The van der Waals surface area contributed by atoms with Gasteiger partial charge in [-0.1, -0.05) is 0 Å². The van der Waals surface area contributed by atoms with Gasteiger partial charge < -0.3 is 4.74 Å². The van der Waals surface area contributed by atoms with Crippen LogP contribution >= 0.6 is 11.3 Å². The molecule has 0 aliphatic carbocycles. The van der Waals surface area contributed by atoms with E-state index in [1.807, 2.05) is 0 Å². The molecule has 1 aromatic heterocycles. The second-order valence-corrected chi connectivity index (χ2v) is 3.26. The summed E-state index contributed by atoms with van der Waals surface area (Å²) in [5, 5.41) is 0.591. The zero-order valence-electron chi connectivity index (χ0n) is 5.76. The number of hydrogen-bond donors (Lipinski definition) is 0. The summed E-state index contributed by atoms with van der Waals surface area (Å²) < 4.78 is 40.8. The average molecular weight is 195 g/mol. The Kier molecular flexibility index (Phi) is 1.62. The van der Waals surface area contributed by atoms with E-state index in [2.05, 4.69) is 4.98 Å². The van der Waals surface area contributed by atoms with E-state index in [0.29, 0.717) is 23.6 Å². The molecule has 1 atom stereocenters.